The summed E-state index contributed by atoms with van der Waals surface area (Å²) in [6.07, 6.45) is 2.61. The Morgan fingerprint density at radius 3 is 2.38 bits per heavy atom. The summed E-state index contributed by atoms with van der Waals surface area (Å²) >= 11 is 2.02. The van der Waals surface area contributed by atoms with E-state index < -0.39 is 21.7 Å². The van der Waals surface area contributed by atoms with Crippen molar-refractivity contribution in [1.82, 2.24) is 14.2 Å². The van der Waals surface area contributed by atoms with Gasteiger partial charge in [-0.05, 0) is 81.2 Å². The van der Waals surface area contributed by atoms with Gasteiger partial charge in [-0.2, -0.15) is 0 Å². The lowest BCUT2D eigenvalue weighted by Gasteiger charge is -2.34. The van der Waals surface area contributed by atoms with Gasteiger partial charge in [0.1, 0.15) is 17.3 Å². The van der Waals surface area contributed by atoms with Crippen molar-refractivity contribution in [2.75, 3.05) is 25.4 Å². The molecule has 0 aliphatic carbocycles. The second-order valence-corrected chi connectivity index (χ2v) is 12.5. The third-order valence-electron chi connectivity index (χ3n) is 5.64. The van der Waals surface area contributed by atoms with E-state index in [1.54, 1.807) is 24.3 Å². The van der Waals surface area contributed by atoms with E-state index >= 15 is 0 Å². The molecule has 3 rings (SSSR count). The maximum atomic E-state index is 13.1. The number of halogens is 1. The van der Waals surface area contributed by atoms with Crippen LogP contribution in [0.4, 0.5) is 10.6 Å². The van der Waals surface area contributed by atoms with Crippen LogP contribution < -0.4 is 11.1 Å². The highest BCUT2D eigenvalue weighted by Gasteiger charge is 2.29. The number of aryl methyl sites for hydroxylation is 1. The molecule has 1 aliphatic rings. The largest absolute Gasteiger partial charge is 0.444 e. The van der Waals surface area contributed by atoms with E-state index in [1.807, 2.05) is 55.2 Å². The molecule has 1 amide bonds. The standard InChI is InChI=1S/C23H32IN5O4S/c1-15-5-7-17(8-6-15)34(31,32)29-14-18(24)19(21(29)26)20(25)28-11-9-16(10-12-28)13-27-22(30)33-23(2,3)4/h5-8,14,16,25H,9-13,26H2,1-4H3,(H,27,30). The van der Waals surface area contributed by atoms with E-state index in [-0.39, 0.29) is 22.5 Å². The number of carbonyl (C=O) groups is 1. The van der Waals surface area contributed by atoms with Crippen molar-refractivity contribution < 1.29 is 17.9 Å². The van der Waals surface area contributed by atoms with Gasteiger partial charge in [-0.1, -0.05) is 17.7 Å². The first-order valence-corrected chi connectivity index (χ1v) is 13.6. The average Bonchev–Trinajstić information content (AvgIpc) is 3.06. The predicted octanol–water partition coefficient (Wildman–Crippen LogP) is 3.78. The number of nitrogen functional groups attached to an aromatic ring is 1. The van der Waals surface area contributed by atoms with E-state index in [0.717, 1.165) is 22.4 Å². The fraction of sp³-hybridized carbons (Fsp3) is 0.478. The first kappa shape index (κ1) is 26.3. The number of alkyl carbamates (subject to hydrolysis) is 1. The number of ether oxygens (including phenoxy) is 1. The van der Waals surface area contributed by atoms with Gasteiger partial charge in [0.2, 0.25) is 0 Å². The van der Waals surface area contributed by atoms with E-state index in [9.17, 15) is 13.2 Å². The Bertz CT molecular complexity index is 1160. The molecule has 34 heavy (non-hydrogen) atoms. The molecule has 9 nitrogen and oxygen atoms in total. The van der Waals surface area contributed by atoms with Crippen LogP contribution in [0.15, 0.2) is 35.4 Å². The first-order chi connectivity index (χ1) is 15.8. The number of amides is 1. The Labute approximate surface area is 214 Å². The van der Waals surface area contributed by atoms with Gasteiger partial charge in [0.25, 0.3) is 10.0 Å². The maximum absolute atomic E-state index is 13.1. The van der Waals surface area contributed by atoms with Crippen LogP contribution in [0.3, 0.4) is 0 Å². The molecule has 2 heterocycles. The van der Waals surface area contributed by atoms with Gasteiger partial charge in [0, 0.05) is 29.4 Å². The topological polar surface area (TPSA) is 131 Å². The minimum atomic E-state index is -3.87. The van der Waals surface area contributed by atoms with Crippen LogP contribution >= 0.6 is 22.6 Å². The van der Waals surface area contributed by atoms with Gasteiger partial charge < -0.3 is 20.7 Å². The summed E-state index contributed by atoms with van der Waals surface area (Å²) in [5.41, 5.74) is 7.11. The molecule has 4 N–H and O–H groups in total. The predicted molar refractivity (Wildman–Crippen MR) is 141 cm³/mol. The van der Waals surface area contributed by atoms with Crippen molar-refractivity contribution in [1.29, 1.82) is 5.41 Å². The fourth-order valence-electron chi connectivity index (χ4n) is 3.79. The van der Waals surface area contributed by atoms with E-state index in [1.165, 1.54) is 6.20 Å². The number of hydrogen-bond acceptors (Lipinski definition) is 6. The molecule has 1 aromatic heterocycles. The van der Waals surface area contributed by atoms with Crippen LogP contribution in [0.2, 0.25) is 0 Å². The molecule has 186 valence electrons. The monoisotopic (exact) mass is 601 g/mol. The number of nitrogens with two attached hydrogens (primary N) is 1. The molecule has 1 aromatic carbocycles. The summed E-state index contributed by atoms with van der Waals surface area (Å²) in [5.74, 6) is 0.515. The van der Waals surface area contributed by atoms with E-state index in [0.29, 0.717) is 28.8 Å². The van der Waals surface area contributed by atoms with Gasteiger partial charge in [0.05, 0.1) is 10.5 Å². The highest BCUT2D eigenvalue weighted by Crippen LogP contribution is 2.29. The second kappa shape index (κ2) is 10.1. The molecular weight excluding hydrogens is 569 g/mol. The second-order valence-electron chi connectivity index (χ2n) is 9.51. The molecule has 0 bridgehead atoms. The zero-order valence-electron chi connectivity index (χ0n) is 19.9. The minimum Gasteiger partial charge on any atom is -0.444 e. The molecule has 1 fully saturated rings. The number of piperidine rings is 1. The van der Waals surface area contributed by atoms with Crippen LogP contribution in [-0.4, -0.2) is 54.5 Å². The molecule has 1 saturated heterocycles. The van der Waals surface area contributed by atoms with Crippen LogP contribution in [0.5, 0.6) is 0 Å². The number of amidine groups is 1. The van der Waals surface area contributed by atoms with Gasteiger partial charge in [-0.15, -0.1) is 0 Å². The number of anilines is 1. The lowest BCUT2D eigenvalue weighted by Crippen LogP contribution is -2.42. The molecule has 0 saturated carbocycles. The number of rotatable bonds is 5. The third-order valence-corrected chi connectivity index (χ3v) is 8.15. The summed E-state index contributed by atoms with van der Waals surface area (Å²) < 4.78 is 33.2. The normalized spacial score (nSPS) is 15.3. The van der Waals surface area contributed by atoms with Gasteiger partial charge in [-0.25, -0.2) is 17.2 Å². The SMILES string of the molecule is Cc1ccc(S(=O)(=O)n2cc(I)c(C(=N)N3CCC(CNC(=O)OC(C)(C)C)CC3)c2N)cc1. The molecule has 11 heteroatoms. The fourth-order valence-corrected chi connectivity index (χ4v) is 6.09. The number of nitrogens with zero attached hydrogens (tertiary/aromatic N) is 2. The van der Waals surface area contributed by atoms with Gasteiger partial charge >= 0.3 is 6.09 Å². The lowest BCUT2D eigenvalue weighted by atomic mass is 9.96. The first-order valence-electron chi connectivity index (χ1n) is 11.1. The maximum Gasteiger partial charge on any atom is 0.407 e. The van der Waals surface area contributed by atoms with Crippen molar-refractivity contribution in [2.24, 2.45) is 5.92 Å². The van der Waals surface area contributed by atoms with Gasteiger partial charge in [-0.3, -0.25) is 5.41 Å². The van der Waals surface area contributed by atoms with Crippen molar-refractivity contribution >= 4 is 50.4 Å². The van der Waals surface area contributed by atoms with Crippen molar-refractivity contribution in [3.05, 3.63) is 45.2 Å². The highest BCUT2D eigenvalue weighted by atomic mass is 127. The Balaban J connectivity index is 1.67. The number of aromatic nitrogens is 1. The van der Waals surface area contributed by atoms with Crippen LogP contribution in [0.25, 0.3) is 0 Å². The smallest absolute Gasteiger partial charge is 0.407 e. The Morgan fingerprint density at radius 1 is 1.24 bits per heavy atom. The number of carbonyl (C=O) groups excluding carboxylic acids is 1. The Morgan fingerprint density at radius 2 is 1.82 bits per heavy atom. The third kappa shape index (κ3) is 6.04. The van der Waals surface area contributed by atoms with Crippen LogP contribution in [-0.2, 0) is 14.8 Å². The van der Waals surface area contributed by atoms with Crippen LogP contribution in [0, 0.1) is 21.8 Å². The summed E-state index contributed by atoms with van der Waals surface area (Å²) in [6, 6.07) is 6.58. The summed E-state index contributed by atoms with van der Waals surface area (Å²) in [5, 5.41) is 11.6. The Kier molecular flexibility index (Phi) is 7.85. The van der Waals surface area contributed by atoms with Crippen molar-refractivity contribution in [3.63, 3.8) is 0 Å². The van der Waals surface area contributed by atoms with E-state index in [2.05, 4.69) is 5.32 Å². The quantitative estimate of drug-likeness (QED) is 0.272. The molecule has 0 spiro atoms. The molecule has 0 unspecified atom stereocenters. The number of nitrogens with one attached hydrogen (secondary N) is 2. The molecular formula is C23H32IN5O4S. The summed E-state index contributed by atoms with van der Waals surface area (Å²) in [6.45, 7) is 9.10. The zero-order chi connectivity index (χ0) is 25.3. The minimum absolute atomic E-state index is 0.0312. The Hall–Kier alpha value is -2.28. The number of likely N-dealkylation sites (tertiary alicyclic amines) is 1. The average molecular weight is 602 g/mol. The summed E-state index contributed by atoms with van der Waals surface area (Å²) in [4.78, 5) is 13.9. The molecule has 0 atom stereocenters. The van der Waals surface area contributed by atoms with Crippen molar-refractivity contribution in [2.45, 2.75) is 51.0 Å². The zero-order valence-corrected chi connectivity index (χ0v) is 22.9. The van der Waals surface area contributed by atoms with E-state index in [4.69, 9.17) is 15.9 Å². The van der Waals surface area contributed by atoms with Gasteiger partial charge in [0.15, 0.2) is 0 Å². The molecule has 1 aliphatic heterocycles. The molecule has 0 radical (unpaired) electrons. The summed E-state index contributed by atoms with van der Waals surface area (Å²) in [7, 11) is -3.87. The van der Waals surface area contributed by atoms with Crippen LogP contribution in [0.1, 0.15) is 44.7 Å². The number of hydrogen-bond donors (Lipinski definition) is 3. The number of benzene rings is 1. The molecule has 2 aromatic rings. The lowest BCUT2D eigenvalue weighted by molar-refractivity contribution is 0.0513. The highest BCUT2D eigenvalue weighted by molar-refractivity contribution is 14.1. The van der Waals surface area contributed by atoms with Crippen molar-refractivity contribution in [3.8, 4) is 0 Å².